The van der Waals surface area contributed by atoms with E-state index in [1.165, 1.54) is 0 Å². The van der Waals surface area contributed by atoms with Gasteiger partial charge in [0.25, 0.3) is 9.05 Å². The molecule has 1 rings (SSSR count). The highest BCUT2D eigenvalue weighted by molar-refractivity contribution is 9.10. The average molecular weight is 257 g/mol. The molecule has 0 amide bonds. The maximum Gasteiger partial charge on any atom is 0.264 e. The van der Waals surface area contributed by atoms with Crippen molar-refractivity contribution in [1.82, 2.24) is 9.97 Å². The number of rotatable bonds is 1. The molecule has 0 spiro atoms. The average Bonchev–Trinajstić information content (AvgIpc) is 1.86. The van der Waals surface area contributed by atoms with Crippen LogP contribution in [-0.2, 0) is 9.05 Å². The summed E-state index contributed by atoms with van der Waals surface area (Å²) in [4.78, 5) is 7.07. The van der Waals surface area contributed by atoms with Gasteiger partial charge in [0.15, 0.2) is 4.73 Å². The van der Waals surface area contributed by atoms with E-state index in [2.05, 4.69) is 25.9 Å². The second-order valence-electron chi connectivity index (χ2n) is 1.63. The van der Waals surface area contributed by atoms with Crippen molar-refractivity contribution in [2.24, 2.45) is 0 Å². The summed E-state index contributed by atoms with van der Waals surface area (Å²) < 4.78 is 21.5. The van der Waals surface area contributed by atoms with Gasteiger partial charge in [-0.2, -0.15) is 0 Å². The van der Waals surface area contributed by atoms with Crippen molar-refractivity contribution >= 4 is 35.7 Å². The Bertz CT molecular complexity index is 349. The second kappa shape index (κ2) is 3.04. The molecule has 7 heteroatoms. The van der Waals surface area contributed by atoms with E-state index in [1.54, 1.807) is 0 Å². The quantitative estimate of drug-likeness (QED) is 0.560. The van der Waals surface area contributed by atoms with Gasteiger partial charge in [-0.15, -0.1) is 0 Å². The Morgan fingerprint density at radius 3 is 2.18 bits per heavy atom. The van der Waals surface area contributed by atoms with Gasteiger partial charge in [-0.25, -0.2) is 18.4 Å². The van der Waals surface area contributed by atoms with Gasteiger partial charge < -0.3 is 0 Å². The second-order valence-corrected chi connectivity index (χ2v) is 4.90. The molecule has 0 aliphatic rings. The maximum absolute atomic E-state index is 10.6. The largest absolute Gasteiger partial charge is 0.264 e. The minimum atomic E-state index is -3.69. The van der Waals surface area contributed by atoms with Crippen LogP contribution in [0.3, 0.4) is 0 Å². The first kappa shape index (κ1) is 8.89. The molecule has 0 bridgehead atoms. The Kier molecular flexibility index (Phi) is 2.46. The number of nitrogens with zero attached hydrogens (tertiary/aromatic N) is 2. The van der Waals surface area contributed by atoms with Crippen LogP contribution in [0.5, 0.6) is 0 Å². The van der Waals surface area contributed by atoms with E-state index < -0.39 is 9.05 Å². The highest BCUT2D eigenvalue weighted by Crippen LogP contribution is 2.12. The summed E-state index contributed by atoms with van der Waals surface area (Å²) in [5.41, 5.74) is 0. The van der Waals surface area contributed by atoms with Gasteiger partial charge in [-0.1, -0.05) is 0 Å². The number of hydrogen-bond donors (Lipinski definition) is 0. The zero-order chi connectivity index (χ0) is 8.48. The van der Waals surface area contributed by atoms with Crippen LogP contribution in [-0.4, -0.2) is 18.4 Å². The normalized spacial score (nSPS) is 11.5. The smallest absolute Gasteiger partial charge is 0.229 e. The minimum absolute atomic E-state index is 0.109. The zero-order valence-corrected chi connectivity index (χ0v) is 8.19. The van der Waals surface area contributed by atoms with Crippen molar-refractivity contribution in [1.29, 1.82) is 0 Å². The molecule has 1 aromatic rings. The molecule has 0 aliphatic heterocycles. The molecule has 11 heavy (non-hydrogen) atoms. The SMILES string of the molecule is O=S(=O)(Cl)c1cnc(Br)nc1. The van der Waals surface area contributed by atoms with Gasteiger partial charge in [-0.05, 0) is 15.9 Å². The topological polar surface area (TPSA) is 59.9 Å². The van der Waals surface area contributed by atoms with Crippen LogP contribution in [0.2, 0.25) is 0 Å². The Labute approximate surface area is 76.2 Å². The lowest BCUT2D eigenvalue weighted by Gasteiger charge is -1.92. The summed E-state index contributed by atoms with van der Waals surface area (Å²) >= 11 is 2.95. The molecule has 0 radical (unpaired) electrons. The monoisotopic (exact) mass is 256 g/mol. The molecule has 0 atom stereocenters. The number of hydrogen-bond acceptors (Lipinski definition) is 4. The maximum atomic E-state index is 10.6. The van der Waals surface area contributed by atoms with Crippen molar-refractivity contribution in [3.05, 3.63) is 17.1 Å². The van der Waals surface area contributed by atoms with Gasteiger partial charge >= 0.3 is 0 Å². The van der Waals surface area contributed by atoms with E-state index in [1.807, 2.05) is 0 Å². The number of aromatic nitrogens is 2. The van der Waals surface area contributed by atoms with Crippen molar-refractivity contribution in [2.45, 2.75) is 4.90 Å². The van der Waals surface area contributed by atoms with Crippen molar-refractivity contribution in [2.75, 3.05) is 0 Å². The van der Waals surface area contributed by atoms with E-state index in [4.69, 9.17) is 10.7 Å². The molecular weight excluding hydrogens is 255 g/mol. The molecule has 0 saturated heterocycles. The van der Waals surface area contributed by atoms with Crippen LogP contribution in [0, 0.1) is 0 Å². The summed E-state index contributed by atoms with van der Waals surface area (Å²) in [5, 5.41) is 0. The van der Waals surface area contributed by atoms with E-state index in [-0.39, 0.29) is 4.90 Å². The van der Waals surface area contributed by atoms with Crippen molar-refractivity contribution in [3.63, 3.8) is 0 Å². The van der Waals surface area contributed by atoms with E-state index in [0.29, 0.717) is 4.73 Å². The molecule has 1 heterocycles. The highest BCUT2D eigenvalue weighted by atomic mass is 79.9. The van der Waals surface area contributed by atoms with Gasteiger partial charge in [-0.3, -0.25) is 0 Å². The van der Waals surface area contributed by atoms with Crippen LogP contribution in [0.4, 0.5) is 0 Å². The van der Waals surface area contributed by atoms with Crippen LogP contribution in [0.1, 0.15) is 0 Å². The fraction of sp³-hybridized carbons (Fsp3) is 0. The molecule has 60 valence electrons. The van der Waals surface area contributed by atoms with Gasteiger partial charge in [0.2, 0.25) is 0 Å². The fourth-order valence-electron chi connectivity index (χ4n) is 0.426. The first-order chi connectivity index (χ1) is 5.00. The number of halogens is 2. The zero-order valence-electron chi connectivity index (χ0n) is 5.03. The summed E-state index contributed by atoms with van der Waals surface area (Å²) in [6.07, 6.45) is 2.25. The summed E-state index contributed by atoms with van der Waals surface area (Å²) in [6, 6.07) is 0. The molecule has 0 aromatic carbocycles. The van der Waals surface area contributed by atoms with Gasteiger partial charge in [0.1, 0.15) is 4.90 Å². The first-order valence-corrected chi connectivity index (χ1v) is 5.52. The molecule has 4 nitrogen and oxygen atoms in total. The Hall–Kier alpha value is -0.200. The third-order valence-electron chi connectivity index (χ3n) is 0.878. The predicted molar refractivity (Wildman–Crippen MR) is 42.8 cm³/mol. The third-order valence-corrected chi connectivity index (χ3v) is 2.60. The Morgan fingerprint density at radius 2 is 1.82 bits per heavy atom. The predicted octanol–water partition coefficient (Wildman–Crippen LogP) is 1.17. The molecule has 0 saturated carbocycles. The highest BCUT2D eigenvalue weighted by Gasteiger charge is 2.09. The standard InChI is InChI=1S/C4H2BrClN2O2S/c5-4-7-1-3(2-8-4)11(6,9)10/h1-2H. The van der Waals surface area contributed by atoms with Crippen molar-refractivity contribution in [3.8, 4) is 0 Å². The summed E-state index contributed by atoms with van der Waals surface area (Å²) in [7, 11) is 1.29. The van der Waals surface area contributed by atoms with Crippen molar-refractivity contribution < 1.29 is 8.42 Å². The lowest BCUT2D eigenvalue weighted by molar-refractivity contribution is 0.608. The van der Waals surface area contributed by atoms with E-state index >= 15 is 0 Å². The molecule has 0 N–H and O–H groups in total. The summed E-state index contributed by atoms with van der Waals surface area (Å²) in [5.74, 6) is 0. The molecule has 0 fully saturated rings. The van der Waals surface area contributed by atoms with Crippen LogP contribution in [0.15, 0.2) is 22.0 Å². The fourth-order valence-corrected chi connectivity index (χ4v) is 1.23. The molecular formula is C4H2BrClN2O2S. The van der Waals surface area contributed by atoms with Gasteiger partial charge in [0.05, 0.1) is 12.4 Å². The van der Waals surface area contributed by atoms with Gasteiger partial charge in [0, 0.05) is 10.7 Å². The Morgan fingerprint density at radius 1 is 1.36 bits per heavy atom. The lowest BCUT2D eigenvalue weighted by Crippen LogP contribution is -1.93. The van der Waals surface area contributed by atoms with Crippen LogP contribution in [0.25, 0.3) is 0 Å². The molecule has 0 unspecified atom stereocenters. The van der Waals surface area contributed by atoms with E-state index in [0.717, 1.165) is 12.4 Å². The summed E-state index contributed by atoms with van der Waals surface area (Å²) in [6.45, 7) is 0. The van der Waals surface area contributed by atoms with Crippen LogP contribution < -0.4 is 0 Å². The third kappa shape index (κ3) is 2.39. The minimum Gasteiger partial charge on any atom is -0.229 e. The molecule has 0 aliphatic carbocycles. The van der Waals surface area contributed by atoms with E-state index in [9.17, 15) is 8.42 Å². The Balaban J connectivity index is 3.20. The van der Waals surface area contributed by atoms with Crippen LogP contribution >= 0.6 is 26.6 Å². The molecule has 1 aromatic heterocycles. The first-order valence-electron chi connectivity index (χ1n) is 2.42. The lowest BCUT2D eigenvalue weighted by atomic mass is 10.7.